The minimum atomic E-state index is -0.214. The molecule has 0 aliphatic carbocycles. The van der Waals surface area contributed by atoms with Gasteiger partial charge in [0.15, 0.2) is 0 Å². The van der Waals surface area contributed by atoms with E-state index in [1.807, 2.05) is 0 Å². The minimum absolute atomic E-state index is 0.211. The predicted octanol–water partition coefficient (Wildman–Crippen LogP) is 1.71. The zero-order valence-electron chi connectivity index (χ0n) is 5.06. The number of halogens is 2. The van der Waals surface area contributed by atoms with Crippen LogP contribution in [-0.4, -0.2) is 22.7 Å². The SMILES string of the molecule is CCOC(=O)[C@H](Br)CBr. The molecule has 0 aliphatic rings. The Kier molecular flexibility index (Phi) is 5.48. The van der Waals surface area contributed by atoms with Gasteiger partial charge in [-0.05, 0) is 6.92 Å². The quantitative estimate of drug-likeness (QED) is 0.570. The van der Waals surface area contributed by atoms with E-state index in [2.05, 4.69) is 36.6 Å². The van der Waals surface area contributed by atoms with E-state index in [0.717, 1.165) is 0 Å². The third kappa shape index (κ3) is 3.92. The topological polar surface area (TPSA) is 26.3 Å². The summed E-state index contributed by atoms with van der Waals surface area (Å²) < 4.78 is 4.68. The summed E-state index contributed by atoms with van der Waals surface area (Å²) in [6.45, 7) is 2.22. The third-order valence-corrected chi connectivity index (χ3v) is 2.89. The number of rotatable bonds is 3. The first kappa shape index (κ1) is 9.43. The van der Waals surface area contributed by atoms with Gasteiger partial charge in [-0.3, -0.25) is 4.79 Å². The predicted molar refractivity (Wildman–Crippen MR) is 43.1 cm³/mol. The fourth-order valence-corrected chi connectivity index (χ4v) is 0.692. The van der Waals surface area contributed by atoms with E-state index in [-0.39, 0.29) is 10.8 Å². The van der Waals surface area contributed by atoms with Crippen molar-refractivity contribution < 1.29 is 9.53 Å². The van der Waals surface area contributed by atoms with Crippen molar-refractivity contribution in [3.8, 4) is 0 Å². The van der Waals surface area contributed by atoms with Gasteiger partial charge in [0.25, 0.3) is 0 Å². The molecule has 9 heavy (non-hydrogen) atoms. The Balaban J connectivity index is 3.46. The molecule has 0 aromatic carbocycles. The Morgan fingerprint density at radius 1 is 1.78 bits per heavy atom. The maximum Gasteiger partial charge on any atom is 0.320 e. The van der Waals surface area contributed by atoms with Crippen LogP contribution < -0.4 is 0 Å². The average Bonchev–Trinajstić information content (AvgIpc) is 1.87. The third-order valence-electron chi connectivity index (χ3n) is 0.678. The number of hydrogen-bond acceptors (Lipinski definition) is 2. The molecule has 0 rings (SSSR count). The van der Waals surface area contributed by atoms with Crippen LogP contribution >= 0.6 is 31.9 Å². The smallest absolute Gasteiger partial charge is 0.320 e. The van der Waals surface area contributed by atoms with Gasteiger partial charge in [0, 0.05) is 5.33 Å². The summed E-state index contributed by atoms with van der Waals surface area (Å²) in [6.07, 6.45) is 0. The molecular weight excluding hydrogens is 252 g/mol. The molecule has 0 radical (unpaired) electrons. The Hall–Kier alpha value is 0.430. The van der Waals surface area contributed by atoms with Crippen molar-refractivity contribution in [1.29, 1.82) is 0 Å². The number of carbonyl (C=O) groups excluding carboxylic acids is 1. The maximum absolute atomic E-state index is 10.7. The number of ether oxygens (including phenoxy) is 1. The number of carbonyl (C=O) groups is 1. The van der Waals surface area contributed by atoms with E-state index >= 15 is 0 Å². The van der Waals surface area contributed by atoms with Gasteiger partial charge in [-0.2, -0.15) is 0 Å². The van der Waals surface area contributed by atoms with E-state index in [0.29, 0.717) is 11.9 Å². The van der Waals surface area contributed by atoms with Gasteiger partial charge in [0.05, 0.1) is 6.61 Å². The molecule has 0 N–H and O–H groups in total. The summed E-state index contributed by atoms with van der Waals surface area (Å²) in [4.78, 5) is 10.5. The molecule has 0 aliphatic heterocycles. The lowest BCUT2D eigenvalue weighted by molar-refractivity contribution is -0.141. The molecule has 0 spiro atoms. The largest absolute Gasteiger partial charge is 0.465 e. The first-order valence-electron chi connectivity index (χ1n) is 2.59. The lowest BCUT2D eigenvalue weighted by Gasteiger charge is -2.03. The van der Waals surface area contributed by atoms with Crippen molar-refractivity contribution in [3.63, 3.8) is 0 Å². The van der Waals surface area contributed by atoms with E-state index in [1.165, 1.54) is 0 Å². The highest BCUT2D eigenvalue weighted by molar-refractivity contribution is 9.12. The molecule has 0 aromatic rings. The fraction of sp³-hybridized carbons (Fsp3) is 0.800. The van der Waals surface area contributed by atoms with Crippen LogP contribution in [0.15, 0.2) is 0 Å². The summed E-state index contributed by atoms with van der Waals surface area (Å²) >= 11 is 6.26. The first-order valence-corrected chi connectivity index (χ1v) is 4.62. The van der Waals surface area contributed by atoms with Crippen molar-refractivity contribution in [1.82, 2.24) is 0 Å². The Morgan fingerprint density at radius 3 is 2.67 bits per heavy atom. The molecule has 4 heteroatoms. The summed E-state index contributed by atoms with van der Waals surface area (Å²) in [6, 6.07) is 0. The summed E-state index contributed by atoms with van der Waals surface area (Å²) in [5.74, 6) is -0.214. The first-order chi connectivity index (χ1) is 4.22. The lowest BCUT2D eigenvalue weighted by atomic mass is 10.5. The van der Waals surface area contributed by atoms with Crippen LogP contribution in [0.3, 0.4) is 0 Å². The Labute approximate surface area is 71.2 Å². The van der Waals surface area contributed by atoms with Gasteiger partial charge in [-0.25, -0.2) is 0 Å². The molecule has 0 heterocycles. The van der Waals surface area contributed by atoms with E-state index in [1.54, 1.807) is 6.92 Å². The van der Waals surface area contributed by atoms with Crippen LogP contribution in [-0.2, 0) is 9.53 Å². The van der Waals surface area contributed by atoms with Crippen molar-refractivity contribution >= 4 is 37.8 Å². The van der Waals surface area contributed by atoms with Crippen LogP contribution in [0.1, 0.15) is 6.92 Å². The van der Waals surface area contributed by atoms with Gasteiger partial charge in [-0.1, -0.05) is 31.9 Å². The normalized spacial score (nSPS) is 12.8. The monoisotopic (exact) mass is 258 g/mol. The maximum atomic E-state index is 10.7. The fourth-order valence-electron chi connectivity index (χ4n) is 0.296. The number of hydrogen-bond donors (Lipinski definition) is 0. The van der Waals surface area contributed by atoms with Crippen molar-refractivity contribution in [2.45, 2.75) is 11.8 Å². The molecule has 0 aromatic heterocycles. The van der Waals surface area contributed by atoms with Gasteiger partial charge < -0.3 is 4.74 Å². The van der Waals surface area contributed by atoms with E-state index in [9.17, 15) is 4.79 Å². The molecule has 0 fully saturated rings. The lowest BCUT2D eigenvalue weighted by Crippen LogP contribution is -2.18. The highest BCUT2D eigenvalue weighted by Gasteiger charge is 2.12. The molecule has 2 nitrogen and oxygen atoms in total. The zero-order chi connectivity index (χ0) is 7.28. The van der Waals surface area contributed by atoms with Crippen LogP contribution in [0, 0.1) is 0 Å². The summed E-state index contributed by atoms with van der Waals surface area (Å²) in [5.41, 5.74) is 0. The Bertz CT molecular complexity index is 95.0. The molecule has 1 atom stereocenters. The summed E-state index contributed by atoms with van der Waals surface area (Å²) in [5, 5.41) is 0.589. The Morgan fingerprint density at radius 2 is 2.33 bits per heavy atom. The van der Waals surface area contributed by atoms with Crippen molar-refractivity contribution in [2.75, 3.05) is 11.9 Å². The molecule has 54 valence electrons. The number of alkyl halides is 2. The zero-order valence-corrected chi connectivity index (χ0v) is 8.24. The van der Waals surface area contributed by atoms with Crippen molar-refractivity contribution in [2.24, 2.45) is 0 Å². The van der Waals surface area contributed by atoms with Gasteiger partial charge >= 0.3 is 5.97 Å². The van der Waals surface area contributed by atoms with Gasteiger partial charge in [0.1, 0.15) is 4.83 Å². The summed E-state index contributed by atoms with van der Waals surface area (Å²) in [7, 11) is 0. The molecule has 0 bridgehead atoms. The second-order valence-corrected chi connectivity index (χ2v) is 3.13. The number of esters is 1. The van der Waals surface area contributed by atoms with Gasteiger partial charge in [0.2, 0.25) is 0 Å². The van der Waals surface area contributed by atoms with E-state index in [4.69, 9.17) is 0 Å². The molecule has 0 saturated heterocycles. The highest BCUT2D eigenvalue weighted by Crippen LogP contribution is 2.04. The van der Waals surface area contributed by atoms with E-state index < -0.39 is 0 Å². The van der Waals surface area contributed by atoms with Crippen LogP contribution in [0.25, 0.3) is 0 Å². The van der Waals surface area contributed by atoms with Crippen molar-refractivity contribution in [3.05, 3.63) is 0 Å². The second kappa shape index (κ2) is 5.23. The molecular formula is C5H8Br2O2. The van der Waals surface area contributed by atoms with Gasteiger partial charge in [-0.15, -0.1) is 0 Å². The van der Waals surface area contributed by atoms with Crippen LogP contribution in [0.4, 0.5) is 0 Å². The average molecular weight is 260 g/mol. The van der Waals surface area contributed by atoms with Crippen LogP contribution in [0.5, 0.6) is 0 Å². The highest BCUT2D eigenvalue weighted by atomic mass is 79.9. The standard InChI is InChI=1S/C5H8Br2O2/c1-2-9-5(8)4(7)3-6/h4H,2-3H2,1H3/t4-/m1/s1. The van der Waals surface area contributed by atoms with Crippen LogP contribution in [0.2, 0.25) is 0 Å². The molecule has 0 saturated carbocycles. The molecule has 0 amide bonds. The molecule has 0 unspecified atom stereocenters. The second-order valence-electron chi connectivity index (χ2n) is 1.37. The minimum Gasteiger partial charge on any atom is -0.465 e.